The minimum absolute atomic E-state index is 0.0138. The van der Waals surface area contributed by atoms with Crippen molar-refractivity contribution in [1.82, 2.24) is 24.9 Å². The van der Waals surface area contributed by atoms with E-state index in [4.69, 9.17) is 22.0 Å². The zero-order valence-corrected chi connectivity index (χ0v) is 26.4. The molecule has 1 aromatic rings. The van der Waals surface area contributed by atoms with Crippen LogP contribution in [0.25, 0.3) is 0 Å². The molecular formula is C27H33N10O7S2+. The smallest absolute Gasteiger partial charge is 0.352 e. The van der Waals surface area contributed by atoms with Crippen LogP contribution in [0.5, 0.6) is 0 Å². The standard InChI is InChI=1S/C27H32N10O7S2/c1-27(2,25(42)43)44-34-17(20-33-26(30)46-35-20)21(38)32-18-22(39)37-19(24(40)41)14(13-45-23(18)37)6-5-11-36-10-4-3-7-15(29)16(12-36)31-9-8-28/h3-7,10,12,18,23,29,31H,8-9,11,13,28H2,1-2H3,(H5,30,32,33,35,38,40,41,42,43)/p+1/b6-5+,7-3+,10-4+,16-12?,34-17-/t18-,23?/m1/s1. The number of oxime groups is 1. The molecule has 10 N–H and O–H groups in total. The Bertz CT molecular complexity index is 1640. The molecule has 244 valence electrons. The first-order valence-corrected chi connectivity index (χ1v) is 15.5. The maximum Gasteiger partial charge on any atom is 0.352 e. The largest absolute Gasteiger partial charge is 0.478 e. The van der Waals surface area contributed by atoms with Gasteiger partial charge in [0.2, 0.25) is 17.1 Å². The van der Waals surface area contributed by atoms with E-state index in [2.05, 4.69) is 25.1 Å². The molecule has 2 atom stereocenters. The van der Waals surface area contributed by atoms with E-state index in [0.717, 1.165) is 16.4 Å². The zero-order chi connectivity index (χ0) is 33.6. The van der Waals surface area contributed by atoms with Crippen LogP contribution in [0.4, 0.5) is 5.13 Å². The van der Waals surface area contributed by atoms with Gasteiger partial charge in [-0.15, -0.1) is 11.8 Å². The third-order valence-electron chi connectivity index (χ3n) is 6.60. The van der Waals surface area contributed by atoms with Gasteiger partial charge >= 0.3 is 11.9 Å². The normalized spacial score (nSPS) is 24.2. The van der Waals surface area contributed by atoms with Crippen LogP contribution in [0, 0.1) is 0 Å². The second-order valence-corrected chi connectivity index (χ2v) is 12.2. The van der Waals surface area contributed by atoms with Crippen molar-refractivity contribution in [3.63, 3.8) is 0 Å². The van der Waals surface area contributed by atoms with Crippen molar-refractivity contribution in [3.05, 3.63) is 65.1 Å². The molecule has 2 amide bonds. The highest BCUT2D eigenvalue weighted by Gasteiger charge is 2.54. The number of fused-ring (bicyclic) bond motifs is 1. The number of anilines is 1. The minimum Gasteiger partial charge on any atom is -0.478 e. The predicted octanol–water partition coefficient (Wildman–Crippen LogP) is -1.12. The van der Waals surface area contributed by atoms with Crippen molar-refractivity contribution in [3.8, 4) is 0 Å². The average Bonchev–Trinajstić information content (AvgIpc) is 3.43. The van der Waals surface area contributed by atoms with E-state index in [9.17, 15) is 29.4 Å². The Balaban J connectivity index is 1.51. The summed E-state index contributed by atoms with van der Waals surface area (Å²) in [6.45, 7) is 3.75. The van der Waals surface area contributed by atoms with Crippen LogP contribution in [-0.2, 0) is 24.0 Å². The summed E-state index contributed by atoms with van der Waals surface area (Å²) < 4.78 is 5.78. The van der Waals surface area contributed by atoms with Gasteiger partial charge in [0.25, 0.3) is 11.8 Å². The molecule has 0 aliphatic carbocycles. The molecule has 1 fully saturated rings. The summed E-state index contributed by atoms with van der Waals surface area (Å²) in [6.07, 6.45) is 12.4. The lowest BCUT2D eigenvalue weighted by Gasteiger charge is -2.49. The van der Waals surface area contributed by atoms with Crippen LogP contribution in [-0.4, -0.2) is 107 Å². The van der Waals surface area contributed by atoms with Crippen molar-refractivity contribution in [2.75, 3.05) is 31.1 Å². The summed E-state index contributed by atoms with van der Waals surface area (Å²) in [5, 5.41) is 28.0. The Hall–Kier alpha value is -5.01. The van der Waals surface area contributed by atoms with E-state index in [1.54, 1.807) is 30.5 Å². The molecule has 0 spiro atoms. The van der Waals surface area contributed by atoms with E-state index in [1.807, 2.05) is 16.9 Å². The molecule has 1 aromatic heterocycles. The molecule has 4 rings (SSSR count). The fraction of sp³-hybridized carbons (Fsp3) is 0.333. The third-order valence-corrected chi connectivity index (χ3v) is 8.45. The fourth-order valence-corrected chi connectivity index (χ4v) is 5.93. The van der Waals surface area contributed by atoms with E-state index in [-0.39, 0.29) is 22.4 Å². The number of aliphatic carboxylic acids is 2. The van der Waals surface area contributed by atoms with Crippen molar-refractivity contribution >= 4 is 64.1 Å². The first-order valence-electron chi connectivity index (χ1n) is 13.7. The molecule has 4 heterocycles. The number of nitrogens with zero attached hydrogens (tertiary/aromatic N) is 5. The molecule has 1 saturated heterocycles. The second kappa shape index (κ2) is 14.4. The Morgan fingerprint density at radius 2 is 2.04 bits per heavy atom. The predicted molar refractivity (Wildman–Crippen MR) is 170 cm³/mol. The molecule has 46 heavy (non-hydrogen) atoms. The first kappa shape index (κ1) is 33.9. The van der Waals surface area contributed by atoms with Crippen molar-refractivity contribution in [2.45, 2.75) is 30.9 Å². The van der Waals surface area contributed by atoms with Gasteiger partial charge in [0, 0.05) is 36.5 Å². The second-order valence-electron chi connectivity index (χ2n) is 10.4. The van der Waals surface area contributed by atoms with Crippen molar-refractivity contribution in [2.24, 2.45) is 16.6 Å². The maximum absolute atomic E-state index is 13.2. The quantitative estimate of drug-likeness (QED) is 0.0566. The molecular weight excluding hydrogens is 640 g/mol. The van der Waals surface area contributed by atoms with Gasteiger partial charge < -0.3 is 42.9 Å². The number of aromatic nitrogens is 2. The molecule has 0 radical (unpaired) electrons. The van der Waals surface area contributed by atoms with Gasteiger partial charge in [-0.2, -0.15) is 13.9 Å². The molecule has 0 saturated carbocycles. The number of thioether (sulfide) groups is 1. The third kappa shape index (κ3) is 7.61. The summed E-state index contributed by atoms with van der Waals surface area (Å²) in [7, 11) is 0. The van der Waals surface area contributed by atoms with E-state index < -0.39 is 46.5 Å². The van der Waals surface area contributed by atoms with Gasteiger partial charge in [-0.3, -0.25) is 14.5 Å². The number of carboxylic acids is 2. The van der Waals surface area contributed by atoms with Gasteiger partial charge in [-0.05, 0) is 31.6 Å². The average molecular weight is 674 g/mol. The molecule has 3 aliphatic rings. The summed E-state index contributed by atoms with van der Waals surface area (Å²) in [4.78, 5) is 60.3. The number of allylic oxidation sites excluding steroid dienone is 5. The maximum atomic E-state index is 13.2. The highest BCUT2D eigenvalue weighted by molar-refractivity contribution is 8.00. The lowest BCUT2D eigenvalue weighted by Crippen LogP contribution is -2.71. The van der Waals surface area contributed by atoms with E-state index >= 15 is 0 Å². The Kier molecular flexibility index (Phi) is 10.6. The number of nitrogen functional groups attached to an aromatic ring is 1. The monoisotopic (exact) mass is 673 g/mol. The fourth-order valence-electron chi connectivity index (χ4n) is 4.17. The minimum atomic E-state index is -1.80. The molecule has 3 aliphatic heterocycles. The van der Waals surface area contributed by atoms with Gasteiger partial charge in [0.15, 0.2) is 24.1 Å². The number of hydrogen-bond donors (Lipinski definition) is 7. The van der Waals surface area contributed by atoms with Crippen molar-refractivity contribution < 1.29 is 38.8 Å². The highest BCUT2D eigenvalue weighted by Crippen LogP contribution is 2.40. The van der Waals surface area contributed by atoms with Crippen LogP contribution in [0.2, 0.25) is 0 Å². The van der Waals surface area contributed by atoms with E-state index in [0.29, 0.717) is 36.6 Å². The number of β-lactam (4-membered cyclic amide) rings is 1. The lowest BCUT2D eigenvalue weighted by atomic mass is 10.0. The van der Waals surface area contributed by atoms with Gasteiger partial charge in [-0.1, -0.05) is 17.3 Å². The number of amides is 2. The molecule has 0 aromatic carbocycles. The van der Waals surface area contributed by atoms with Crippen LogP contribution in [0.15, 0.2) is 64.4 Å². The lowest BCUT2D eigenvalue weighted by molar-refractivity contribution is -0.439. The van der Waals surface area contributed by atoms with E-state index in [1.165, 1.54) is 25.6 Å². The summed E-state index contributed by atoms with van der Waals surface area (Å²) in [5.41, 5.74) is 16.5. The Labute approximate surface area is 271 Å². The molecule has 19 heteroatoms. The number of carbonyl (C=O) groups excluding carboxylic acids is 2. The Morgan fingerprint density at radius 3 is 2.70 bits per heavy atom. The van der Waals surface area contributed by atoms with Crippen LogP contribution in [0.1, 0.15) is 19.7 Å². The van der Waals surface area contributed by atoms with Crippen LogP contribution >= 0.6 is 23.3 Å². The number of carbonyl (C=O) groups is 4. The highest BCUT2D eigenvalue weighted by atomic mass is 32.2. The van der Waals surface area contributed by atoms with Gasteiger partial charge in [0.05, 0.1) is 5.70 Å². The first-order chi connectivity index (χ1) is 21.8. The molecule has 17 nitrogen and oxygen atoms in total. The number of nitrogens with two attached hydrogens (primary N) is 3. The topological polar surface area (TPSA) is 264 Å². The molecule has 1 unspecified atom stereocenters. The van der Waals surface area contributed by atoms with Gasteiger partial charge in [0.1, 0.15) is 22.8 Å². The number of nitrogens with one attached hydrogen (secondary N) is 2. The SMILES string of the molecule is CC(C)(O/N=C(\C(=O)N[C@@H]1C(=O)N2C(C(=O)O)=C(/C=C/C[N+]3=C/C(NCCN)=C(N)\C=C\C=C\3)CSC12)c1nsc(N)n1)C(=O)O. The van der Waals surface area contributed by atoms with Gasteiger partial charge in [-0.25, -0.2) is 9.59 Å². The van der Waals surface area contributed by atoms with Crippen LogP contribution < -0.4 is 27.8 Å². The zero-order valence-electron chi connectivity index (χ0n) is 24.7. The number of hydrogen-bond acceptors (Lipinski definition) is 14. The summed E-state index contributed by atoms with van der Waals surface area (Å²) in [5.74, 6) is -4.24. The van der Waals surface area contributed by atoms with Crippen molar-refractivity contribution in [1.29, 1.82) is 0 Å². The Morgan fingerprint density at radius 1 is 1.28 bits per heavy atom. The summed E-state index contributed by atoms with van der Waals surface area (Å²) in [6, 6.07) is -1.11. The number of carboxylic acid groups (broad SMARTS) is 2. The van der Waals surface area contributed by atoms with Crippen LogP contribution in [0.3, 0.4) is 0 Å². The molecule has 0 bridgehead atoms. The summed E-state index contributed by atoms with van der Waals surface area (Å²) >= 11 is 2.03. The number of rotatable bonds is 13.